The fraction of sp³-hybridized carbons (Fsp3) is 0.368. The second kappa shape index (κ2) is 7.88. The number of carbonyl (C=O) groups excluding carboxylic acids is 1. The maximum atomic E-state index is 12.4. The number of nitrogens with zero attached hydrogens (tertiary/aromatic N) is 2. The molecule has 2 aromatic rings. The molecule has 0 saturated carbocycles. The van der Waals surface area contributed by atoms with Gasteiger partial charge in [-0.1, -0.05) is 30.3 Å². The topological polar surface area (TPSA) is 42.4 Å². The first-order chi connectivity index (χ1) is 11.3. The lowest BCUT2D eigenvalue weighted by Gasteiger charge is -2.32. The molecule has 23 heavy (non-hydrogen) atoms. The molecule has 1 fully saturated rings. The SMILES string of the molecule is O=C(c1ccncc1)N1CCC(COCc2ccccc2)CC1. The molecule has 4 nitrogen and oxygen atoms in total. The van der Waals surface area contributed by atoms with Gasteiger partial charge in [0.05, 0.1) is 6.61 Å². The van der Waals surface area contributed by atoms with Gasteiger partial charge >= 0.3 is 0 Å². The van der Waals surface area contributed by atoms with E-state index in [-0.39, 0.29) is 5.91 Å². The van der Waals surface area contributed by atoms with Crippen molar-refractivity contribution in [3.63, 3.8) is 0 Å². The fourth-order valence-corrected chi connectivity index (χ4v) is 2.90. The van der Waals surface area contributed by atoms with Crippen molar-refractivity contribution in [2.45, 2.75) is 19.4 Å². The maximum absolute atomic E-state index is 12.4. The van der Waals surface area contributed by atoms with E-state index in [0.29, 0.717) is 12.5 Å². The van der Waals surface area contributed by atoms with Crippen molar-refractivity contribution in [1.82, 2.24) is 9.88 Å². The molecule has 3 rings (SSSR count). The smallest absolute Gasteiger partial charge is 0.253 e. The molecule has 0 atom stereocenters. The third-order valence-corrected chi connectivity index (χ3v) is 4.29. The van der Waals surface area contributed by atoms with Crippen LogP contribution in [-0.4, -0.2) is 35.5 Å². The van der Waals surface area contributed by atoms with Crippen LogP contribution < -0.4 is 0 Å². The highest BCUT2D eigenvalue weighted by atomic mass is 16.5. The highest BCUT2D eigenvalue weighted by molar-refractivity contribution is 5.94. The number of aromatic nitrogens is 1. The zero-order valence-corrected chi connectivity index (χ0v) is 13.2. The van der Waals surface area contributed by atoms with Gasteiger partial charge in [0.15, 0.2) is 0 Å². The lowest BCUT2D eigenvalue weighted by Crippen LogP contribution is -2.39. The summed E-state index contributed by atoms with van der Waals surface area (Å²) >= 11 is 0. The van der Waals surface area contributed by atoms with E-state index < -0.39 is 0 Å². The summed E-state index contributed by atoms with van der Waals surface area (Å²) in [6.07, 6.45) is 5.34. The summed E-state index contributed by atoms with van der Waals surface area (Å²) in [5, 5.41) is 0. The van der Waals surface area contributed by atoms with Gasteiger partial charge in [-0.3, -0.25) is 9.78 Å². The van der Waals surface area contributed by atoms with E-state index in [2.05, 4.69) is 17.1 Å². The molecule has 1 aliphatic rings. The molecule has 2 heterocycles. The van der Waals surface area contributed by atoms with Crippen LogP contribution >= 0.6 is 0 Å². The van der Waals surface area contributed by atoms with Crippen LogP contribution in [0.2, 0.25) is 0 Å². The molecule has 0 bridgehead atoms. The van der Waals surface area contributed by atoms with E-state index >= 15 is 0 Å². The highest BCUT2D eigenvalue weighted by Crippen LogP contribution is 2.19. The molecular formula is C19H22N2O2. The summed E-state index contributed by atoms with van der Waals surface area (Å²) in [5.41, 5.74) is 1.93. The number of benzene rings is 1. The van der Waals surface area contributed by atoms with Gasteiger partial charge in [-0.25, -0.2) is 0 Å². The van der Waals surface area contributed by atoms with E-state index in [9.17, 15) is 4.79 Å². The van der Waals surface area contributed by atoms with Gasteiger partial charge in [-0.15, -0.1) is 0 Å². The van der Waals surface area contributed by atoms with Crippen molar-refractivity contribution in [2.75, 3.05) is 19.7 Å². The predicted molar refractivity (Wildman–Crippen MR) is 89.0 cm³/mol. The van der Waals surface area contributed by atoms with Crippen LogP contribution in [0.3, 0.4) is 0 Å². The van der Waals surface area contributed by atoms with E-state index in [4.69, 9.17) is 4.74 Å². The fourth-order valence-electron chi connectivity index (χ4n) is 2.90. The predicted octanol–water partition coefficient (Wildman–Crippen LogP) is 3.15. The summed E-state index contributed by atoms with van der Waals surface area (Å²) < 4.78 is 5.83. The van der Waals surface area contributed by atoms with Gasteiger partial charge < -0.3 is 9.64 Å². The number of carbonyl (C=O) groups is 1. The maximum Gasteiger partial charge on any atom is 0.253 e. The first-order valence-corrected chi connectivity index (χ1v) is 8.14. The number of pyridine rings is 1. The van der Waals surface area contributed by atoms with Crippen molar-refractivity contribution in [3.8, 4) is 0 Å². The molecule has 0 spiro atoms. The third-order valence-electron chi connectivity index (χ3n) is 4.29. The molecule has 1 saturated heterocycles. The molecule has 120 valence electrons. The second-order valence-corrected chi connectivity index (χ2v) is 5.97. The normalized spacial score (nSPS) is 15.6. The zero-order chi connectivity index (χ0) is 15.9. The Labute approximate surface area is 137 Å². The van der Waals surface area contributed by atoms with Gasteiger partial charge in [0.25, 0.3) is 5.91 Å². The molecule has 0 aliphatic carbocycles. The quantitative estimate of drug-likeness (QED) is 0.852. The summed E-state index contributed by atoms with van der Waals surface area (Å²) in [6, 6.07) is 13.8. The summed E-state index contributed by atoms with van der Waals surface area (Å²) in [5.74, 6) is 0.649. The molecule has 0 N–H and O–H groups in total. The van der Waals surface area contributed by atoms with Crippen molar-refractivity contribution in [2.24, 2.45) is 5.92 Å². The Balaban J connectivity index is 1.41. The Morgan fingerprint density at radius 2 is 1.78 bits per heavy atom. The van der Waals surface area contributed by atoms with E-state index in [1.807, 2.05) is 23.1 Å². The van der Waals surface area contributed by atoms with Gasteiger partial charge in [-0.2, -0.15) is 0 Å². The Morgan fingerprint density at radius 3 is 2.48 bits per heavy atom. The average molecular weight is 310 g/mol. The first-order valence-electron chi connectivity index (χ1n) is 8.14. The molecular weight excluding hydrogens is 288 g/mol. The average Bonchev–Trinajstić information content (AvgIpc) is 2.63. The van der Waals surface area contributed by atoms with Crippen LogP contribution in [0.1, 0.15) is 28.8 Å². The van der Waals surface area contributed by atoms with Crippen LogP contribution in [-0.2, 0) is 11.3 Å². The lowest BCUT2D eigenvalue weighted by atomic mass is 9.97. The number of rotatable bonds is 5. The minimum atomic E-state index is 0.107. The molecule has 0 radical (unpaired) electrons. The number of ether oxygens (including phenoxy) is 1. The van der Waals surface area contributed by atoms with Crippen molar-refractivity contribution < 1.29 is 9.53 Å². The van der Waals surface area contributed by atoms with E-state index in [1.54, 1.807) is 24.5 Å². The van der Waals surface area contributed by atoms with Gasteiger partial charge in [0.1, 0.15) is 0 Å². The van der Waals surface area contributed by atoms with Crippen LogP contribution in [0.25, 0.3) is 0 Å². The summed E-state index contributed by atoms with van der Waals surface area (Å²) in [7, 11) is 0. The standard InChI is InChI=1S/C19H22N2O2/c22-19(18-6-10-20-11-7-18)21-12-8-17(9-13-21)15-23-14-16-4-2-1-3-5-16/h1-7,10-11,17H,8-9,12-15H2. The zero-order valence-electron chi connectivity index (χ0n) is 13.2. The van der Waals surface area contributed by atoms with Crippen molar-refractivity contribution in [1.29, 1.82) is 0 Å². The van der Waals surface area contributed by atoms with Gasteiger partial charge in [0.2, 0.25) is 0 Å². The van der Waals surface area contributed by atoms with E-state index in [1.165, 1.54) is 5.56 Å². The Hall–Kier alpha value is -2.20. The van der Waals surface area contributed by atoms with Crippen LogP contribution in [0.15, 0.2) is 54.9 Å². The molecule has 1 aliphatic heterocycles. The largest absolute Gasteiger partial charge is 0.376 e. The van der Waals surface area contributed by atoms with Gasteiger partial charge in [0, 0.05) is 37.7 Å². The Kier molecular flexibility index (Phi) is 5.37. The first kappa shape index (κ1) is 15.7. The number of hydrogen-bond donors (Lipinski definition) is 0. The van der Waals surface area contributed by atoms with E-state index in [0.717, 1.165) is 38.1 Å². The Bertz CT molecular complexity index is 608. The molecule has 1 aromatic heterocycles. The molecule has 1 amide bonds. The minimum absolute atomic E-state index is 0.107. The monoisotopic (exact) mass is 310 g/mol. The second-order valence-electron chi connectivity index (χ2n) is 5.97. The number of likely N-dealkylation sites (tertiary alicyclic amines) is 1. The van der Waals surface area contributed by atoms with Crippen molar-refractivity contribution >= 4 is 5.91 Å². The molecule has 0 unspecified atom stereocenters. The van der Waals surface area contributed by atoms with Crippen LogP contribution in [0, 0.1) is 5.92 Å². The lowest BCUT2D eigenvalue weighted by molar-refractivity contribution is 0.0478. The number of piperidine rings is 1. The molecule has 4 heteroatoms. The van der Waals surface area contributed by atoms with Crippen LogP contribution in [0.5, 0.6) is 0 Å². The minimum Gasteiger partial charge on any atom is -0.376 e. The molecule has 1 aromatic carbocycles. The number of hydrogen-bond acceptors (Lipinski definition) is 3. The summed E-state index contributed by atoms with van der Waals surface area (Å²) in [4.78, 5) is 18.3. The highest BCUT2D eigenvalue weighted by Gasteiger charge is 2.23. The van der Waals surface area contributed by atoms with Crippen LogP contribution in [0.4, 0.5) is 0 Å². The summed E-state index contributed by atoms with van der Waals surface area (Å²) in [6.45, 7) is 3.05. The van der Waals surface area contributed by atoms with Crippen molar-refractivity contribution in [3.05, 3.63) is 66.0 Å². The number of amides is 1. The van der Waals surface area contributed by atoms with Gasteiger partial charge in [-0.05, 0) is 36.5 Å². The third kappa shape index (κ3) is 4.39. The Morgan fingerprint density at radius 1 is 1.09 bits per heavy atom.